The first-order valence-corrected chi connectivity index (χ1v) is 11.6. The van der Waals surface area contributed by atoms with Gasteiger partial charge in [-0.25, -0.2) is 16.8 Å². The molecule has 2 heterocycles. The van der Waals surface area contributed by atoms with Crippen LogP contribution >= 0.6 is 11.3 Å². The first-order valence-electron chi connectivity index (χ1n) is 7.87. The summed E-state index contributed by atoms with van der Waals surface area (Å²) in [5, 5.41) is 8.88. The van der Waals surface area contributed by atoms with Crippen LogP contribution in [0.15, 0.2) is 50.4 Å². The van der Waals surface area contributed by atoms with Crippen LogP contribution in [0.5, 0.6) is 0 Å². The highest BCUT2D eigenvalue weighted by atomic mass is 32.2. The fourth-order valence-electron chi connectivity index (χ4n) is 2.94. The molecule has 7 nitrogen and oxygen atoms in total. The van der Waals surface area contributed by atoms with Crippen molar-refractivity contribution in [2.24, 2.45) is 5.73 Å². The average molecular weight is 412 g/mol. The largest absolute Gasteiger partial charge is 0.329 e. The summed E-state index contributed by atoms with van der Waals surface area (Å²) in [5.41, 5.74) is 5.66. The maximum absolute atomic E-state index is 12.9. The summed E-state index contributed by atoms with van der Waals surface area (Å²) in [6.07, 6.45) is 1.42. The quantitative estimate of drug-likeness (QED) is 0.797. The molecule has 0 aliphatic carbocycles. The molecule has 0 bridgehead atoms. The number of hydrogen-bond donors (Lipinski definition) is 1. The van der Waals surface area contributed by atoms with Crippen molar-refractivity contribution in [1.82, 2.24) is 4.31 Å². The summed E-state index contributed by atoms with van der Waals surface area (Å²) in [6.45, 7) is 0.598. The smallest absolute Gasteiger partial charge is 0.243 e. The highest BCUT2D eigenvalue weighted by Gasteiger charge is 2.35. The summed E-state index contributed by atoms with van der Waals surface area (Å²) in [5.74, 6) is 0. The molecule has 2 N–H and O–H groups in total. The molecule has 2 aromatic rings. The third-order valence-corrected chi connectivity index (χ3v) is 9.45. The van der Waals surface area contributed by atoms with Gasteiger partial charge in [-0.2, -0.15) is 9.57 Å². The van der Waals surface area contributed by atoms with Crippen LogP contribution in [0.2, 0.25) is 0 Å². The van der Waals surface area contributed by atoms with Crippen molar-refractivity contribution in [3.05, 3.63) is 41.3 Å². The van der Waals surface area contributed by atoms with Gasteiger partial charge in [-0.3, -0.25) is 0 Å². The van der Waals surface area contributed by atoms with Crippen LogP contribution in [0.4, 0.5) is 0 Å². The second-order valence-corrected chi connectivity index (χ2v) is 11.0. The molecule has 1 fully saturated rings. The molecular weight excluding hydrogens is 394 g/mol. The maximum atomic E-state index is 12.9. The maximum Gasteiger partial charge on any atom is 0.243 e. The number of nitriles is 1. The number of rotatable bonds is 5. The van der Waals surface area contributed by atoms with E-state index < -0.39 is 19.9 Å². The topological polar surface area (TPSA) is 121 Å². The summed E-state index contributed by atoms with van der Waals surface area (Å²) in [7, 11) is -7.72. The molecule has 138 valence electrons. The molecule has 26 heavy (non-hydrogen) atoms. The Morgan fingerprint density at radius 3 is 2.58 bits per heavy atom. The van der Waals surface area contributed by atoms with Crippen molar-refractivity contribution in [1.29, 1.82) is 5.26 Å². The molecule has 0 saturated carbocycles. The van der Waals surface area contributed by atoms with Gasteiger partial charge in [0.25, 0.3) is 0 Å². The van der Waals surface area contributed by atoms with Crippen LogP contribution in [0, 0.1) is 11.3 Å². The Balaban J connectivity index is 2.02. The van der Waals surface area contributed by atoms with E-state index in [4.69, 9.17) is 11.0 Å². The van der Waals surface area contributed by atoms with Crippen LogP contribution in [0.25, 0.3) is 0 Å². The Labute approximate surface area is 156 Å². The Bertz CT molecular complexity index is 1070. The van der Waals surface area contributed by atoms with Crippen molar-refractivity contribution in [3.8, 4) is 6.07 Å². The predicted molar refractivity (Wildman–Crippen MR) is 96.9 cm³/mol. The van der Waals surface area contributed by atoms with E-state index in [9.17, 15) is 16.8 Å². The van der Waals surface area contributed by atoms with Crippen molar-refractivity contribution in [3.63, 3.8) is 0 Å². The lowest BCUT2D eigenvalue weighted by atomic mass is 10.2. The molecule has 1 aliphatic rings. The molecule has 3 rings (SSSR count). The molecule has 0 radical (unpaired) electrons. The van der Waals surface area contributed by atoms with Gasteiger partial charge in [-0.15, -0.1) is 11.3 Å². The standard InChI is InChI=1S/C16H17N3O4S3/c17-10-12-3-2-8-19(12)26(22,23)15-5-1-4-14(9-15)25(20,21)16-7-6-13(11-18)24-16/h1,4-7,9,12H,2-3,8,10,17H2/t12-/m0/s1. The van der Waals surface area contributed by atoms with Crippen LogP contribution in [-0.4, -0.2) is 40.3 Å². The summed E-state index contributed by atoms with van der Waals surface area (Å²) < 4.78 is 52.7. The zero-order valence-electron chi connectivity index (χ0n) is 13.7. The van der Waals surface area contributed by atoms with Crippen molar-refractivity contribution >= 4 is 31.2 Å². The fourth-order valence-corrected chi connectivity index (χ4v) is 7.32. The van der Waals surface area contributed by atoms with Crippen LogP contribution in [-0.2, 0) is 19.9 Å². The zero-order chi connectivity index (χ0) is 18.9. The lowest BCUT2D eigenvalue weighted by molar-refractivity contribution is 0.393. The SMILES string of the molecule is N#Cc1ccc(S(=O)(=O)c2cccc(S(=O)(=O)N3CCC[C@H]3CN)c2)s1. The van der Waals surface area contributed by atoms with E-state index in [-0.39, 0.29) is 31.5 Å². The van der Waals surface area contributed by atoms with Gasteiger partial charge in [-0.05, 0) is 43.2 Å². The van der Waals surface area contributed by atoms with E-state index in [2.05, 4.69) is 0 Å². The van der Waals surface area contributed by atoms with Crippen LogP contribution in [0.3, 0.4) is 0 Å². The molecule has 10 heteroatoms. The Morgan fingerprint density at radius 1 is 1.19 bits per heavy atom. The number of benzene rings is 1. The number of sulfone groups is 1. The second-order valence-electron chi connectivity index (χ2n) is 5.86. The summed E-state index contributed by atoms with van der Waals surface area (Å²) >= 11 is 0.852. The second kappa shape index (κ2) is 7.09. The van der Waals surface area contributed by atoms with Crippen LogP contribution in [0.1, 0.15) is 17.7 Å². The van der Waals surface area contributed by atoms with Crippen molar-refractivity contribution < 1.29 is 16.8 Å². The number of thiophene rings is 1. The third-order valence-electron chi connectivity index (χ3n) is 4.27. The zero-order valence-corrected chi connectivity index (χ0v) is 16.1. The van der Waals surface area contributed by atoms with Gasteiger partial charge in [0.15, 0.2) is 0 Å². The number of nitrogens with two attached hydrogens (primary N) is 1. The molecule has 1 aromatic heterocycles. The Kier molecular flexibility index (Phi) is 5.18. The van der Waals surface area contributed by atoms with E-state index >= 15 is 0 Å². The van der Waals surface area contributed by atoms with E-state index in [1.165, 1.54) is 40.7 Å². The van der Waals surface area contributed by atoms with Gasteiger partial charge in [0, 0.05) is 19.1 Å². The van der Waals surface area contributed by atoms with Gasteiger partial charge < -0.3 is 5.73 Å². The van der Waals surface area contributed by atoms with Gasteiger partial charge in [0.1, 0.15) is 15.2 Å². The van der Waals surface area contributed by atoms with Crippen LogP contribution < -0.4 is 5.73 Å². The molecule has 1 atom stereocenters. The Morgan fingerprint density at radius 2 is 1.92 bits per heavy atom. The first kappa shape index (κ1) is 19.0. The van der Waals surface area contributed by atoms with Gasteiger partial charge in [0.2, 0.25) is 19.9 Å². The summed E-state index contributed by atoms with van der Waals surface area (Å²) in [4.78, 5) is 0.0830. The molecule has 0 unspecified atom stereocenters. The van der Waals surface area contributed by atoms with Crippen molar-refractivity contribution in [2.45, 2.75) is 32.9 Å². The monoisotopic (exact) mass is 411 g/mol. The van der Waals surface area contributed by atoms with Crippen molar-refractivity contribution in [2.75, 3.05) is 13.1 Å². The predicted octanol–water partition coefficient (Wildman–Crippen LogP) is 1.56. The first-order chi connectivity index (χ1) is 12.3. The molecule has 1 aromatic carbocycles. The number of nitrogens with zero attached hydrogens (tertiary/aromatic N) is 2. The highest BCUT2D eigenvalue weighted by Crippen LogP contribution is 2.31. The van der Waals surface area contributed by atoms with Gasteiger partial charge >= 0.3 is 0 Å². The van der Waals surface area contributed by atoms with Gasteiger partial charge in [0.05, 0.1) is 9.79 Å². The average Bonchev–Trinajstić information content (AvgIpc) is 3.31. The minimum atomic E-state index is -3.89. The molecule has 1 aliphatic heterocycles. The van der Waals surface area contributed by atoms with E-state index in [0.29, 0.717) is 13.0 Å². The van der Waals surface area contributed by atoms with E-state index in [1.54, 1.807) is 0 Å². The minimum absolute atomic E-state index is 0.00426. The lowest BCUT2D eigenvalue weighted by Gasteiger charge is -2.23. The van der Waals surface area contributed by atoms with E-state index in [0.717, 1.165) is 17.8 Å². The number of hydrogen-bond acceptors (Lipinski definition) is 7. The normalized spacial score (nSPS) is 18.7. The molecular formula is C16H17N3O4S3. The summed E-state index contributed by atoms with van der Waals surface area (Å²) in [6, 6.07) is 9.72. The molecule has 0 spiro atoms. The highest BCUT2D eigenvalue weighted by molar-refractivity contribution is 7.93. The third kappa shape index (κ3) is 3.28. The number of sulfonamides is 1. The molecule has 0 amide bonds. The Hall–Kier alpha value is -1.77. The molecule has 1 saturated heterocycles. The fraction of sp³-hybridized carbons (Fsp3) is 0.312. The van der Waals surface area contributed by atoms with Gasteiger partial charge in [-0.1, -0.05) is 6.07 Å². The van der Waals surface area contributed by atoms with E-state index in [1.807, 2.05) is 6.07 Å². The lowest BCUT2D eigenvalue weighted by Crippen LogP contribution is -2.39. The minimum Gasteiger partial charge on any atom is -0.329 e.